The lowest BCUT2D eigenvalue weighted by molar-refractivity contribution is 0.0947. The van der Waals surface area contributed by atoms with Gasteiger partial charge in [-0.2, -0.15) is 0 Å². The Morgan fingerprint density at radius 2 is 1.88 bits per heavy atom. The van der Waals surface area contributed by atoms with Crippen molar-refractivity contribution < 1.29 is 4.79 Å². The fraction of sp³-hybridized carbons (Fsp3) is 0.0833. The van der Waals surface area contributed by atoms with Crippen molar-refractivity contribution in [2.24, 2.45) is 0 Å². The van der Waals surface area contributed by atoms with Gasteiger partial charge in [0.1, 0.15) is 10.7 Å². The van der Waals surface area contributed by atoms with Crippen molar-refractivity contribution in [3.63, 3.8) is 0 Å². The molecule has 0 fully saturated rings. The van der Waals surface area contributed by atoms with Gasteiger partial charge in [0.25, 0.3) is 5.91 Å². The minimum absolute atomic E-state index is 0.176. The fourth-order valence-electron chi connectivity index (χ4n) is 4.42. The fourth-order valence-corrected chi connectivity index (χ4v) is 5.15. The van der Waals surface area contributed by atoms with E-state index < -0.39 is 0 Å². The number of carbonyl (C=O) groups excluding carboxylic acids is 1. The molecule has 32 heavy (non-hydrogen) atoms. The molecule has 1 aliphatic rings. The quantitative estimate of drug-likeness (QED) is 0.385. The van der Waals surface area contributed by atoms with Gasteiger partial charge in [-0.1, -0.05) is 53.8 Å². The maximum atomic E-state index is 13.1. The minimum atomic E-state index is -0.276. The lowest BCUT2D eigenvalue weighted by atomic mass is 9.99. The number of benzene rings is 2. The molecule has 0 spiro atoms. The molecule has 7 nitrogen and oxygen atoms in total. The third kappa shape index (κ3) is 2.80. The number of pyridine rings is 1. The number of nitrogens with two attached hydrogens (primary N) is 1. The van der Waals surface area contributed by atoms with Crippen LogP contribution in [0.4, 0.5) is 5.13 Å². The van der Waals surface area contributed by atoms with Crippen LogP contribution in [0, 0.1) is 6.92 Å². The summed E-state index contributed by atoms with van der Waals surface area (Å²) in [5.41, 5.74) is 13.4. The molecule has 4 N–H and O–H groups in total. The van der Waals surface area contributed by atoms with Gasteiger partial charge in [-0.3, -0.25) is 9.78 Å². The Hall–Kier alpha value is -4.04. The third-order valence-electron chi connectivity index (χ3n) is 5.78. The summed E-state index contributed by atoms with van der Waals surface area (Å²) in [5.74, 6) is 0.599. The first-order chi connectivity index (χ1) is 15.6. The van der Waals surface area contributed by atoms with Gasteiger partial charge in [0.05, 0.1) is 29.0 Å². The van der Waals surface area contributed by atoms with Crippen LogP contribution in [-0.4, -0.2) is 25.8 Å². The van der Waals surface area contributed by atoms with Crippen molar-refractivity contribution >= 4 is 33.4 Å². The maximum Gasteiger partial charge on any atom is 0.264 e. The standard InChI is InChI=1S/C24H18N6OS/c1-12-21(32-24(25)27-12)23(31)30-20-14-6-3-2-5-13(14)19-15(20)7-4-8-16(19)22-28-17-9-10-26-11-18(17)29-22/h2-11,20H,1H3,(H2,25,27)(H,28,29)(H,30,31). The number of imidazole rings is 1. The number of aromatic amines is 1. The summed E-state index contributed by atoms with van der Waals surface area (Å²) in [5, 5.41) is 3.59. The SMILES string of the molecule is Cc1nc(N)sc1C(=O)NC1c2ccccc2-c2c(-c3nc4ccncc4[nH]3)cccc21. The van der Waals surface area contributed by atoms with E-state index in [-0.39, 0.29) is 11.9 Å². The molecule has 3 heterocycles. The number of aryl methyl sites for hydroxylation is 1. The van der Waals surface area contributed by atoms with E-state index in [9.17, 15) is 4.79 Å². The largest absolute Gasteiger partial charge is 0.375 e. The number of rotatable bonds is 3. The number of hydrogen-bond acceptors (Lipinski definition) is 6. The molecule has 0 aliphatic heterocycles. The number of nitrogens with one attached hydrogen (secondary N) is 2. The van der Waals surface area contributed by atoms with Crippen LogP contribution >= 0.6 is 11.3 Å². The second kappa shape index (κ2) is 7.00. The van der Waals surface area contributed by atoms with E-state index in [1.54, 1.807) is 19.3 Å². The van der Waals surface area contributed by atoms with Crippen LogP contribution in [0.25, 0.3) is 33.5 Å². The Kier molecular flexibility index (Phi) is 4.09. The van der Waals surface area contributed by atoms with Gasteiger partial charge in [0.15, 0.2) is 5.13 Å². The van der Waals surface area contributed by atoms with E-state index >= 15 is 0 Å². The summed E-state index contributed by atoms with van der Waals surface area (Å²) in [6, 6.07) is 15.9. The summed E-state index contributed by atoms with van der Waals surface area (Å²) < 4.78 is 0. The van der Waals surface area contributed by atoms with E-state index in [2.05, 4.69) is 44.5 Å². The number of nitrogens with zero attached hydrogens (tertiary/aromatic N) is 3. The van der Waals surface area contributed by atoms with Gasteiger partial charge < -0.3 is 16.0 Å². The highest BCUT2D eigenvalue weighted by molar-refractivity contribution is 7.17. The highest BCUT2D eigenvalue weighted by Gasteiger charge is 2.33. The van der Waals surface area contributed by atoms with Gasteiger partial charge in [-0.15, -0.1) is 0 Å². The molecule has 1 amide bonds. The van der Waals surface area contributed by atoms with Gasteiger partial charge in [-0.05, 0) is 35.2 Å². The molecule has 5 aromatic rings. The van der Waals surface area contributed by atoms with Gasteiger partial charge in [0.2, 0.25) is 0 Å². The van der Waals surface area contributed by atoms with Crippen LogP contribution in [-0.2, 0) is 0 Å². The van der Waals surface area contributed by atoms with Crippen molar-refractivity contribution in [3.05, 3.63) is 82.6 Å². The molecular formula is C24H18N6OS. The predicted octanol–water partition coefficient (Wildman–Crippen LogP) is 4.47. The van der Waals surface area contributed by atoms with Crippen molar-refractivity contribution in [2.75, 3.05) is 5.73 Å². The average molecular weight is 439 g/mol. The Bertz CT molecular complexity index is 1490. The molecule has 156 valence electrons. The zero-order chi connectivity index (χ0) is 21.8. The number of aromatic nitrogens is 4. The second-order valence-corrected chi connectivity index (χ2v) is 8.74. The van der Waals surface area contributed by atoms with Crippen LogP contribution < -0.4 is 11.1 Å². The summed E-state index contributed by atoms with van der Waals surface area (Å²) in [7, 11) is 0. The van der Waals surface area contributed by atoms with Gasteiger partial charge >= 0.3 is 0 Å². The van der Waals surface area contributed by atoms with Crippen molar-refractivity contribution in [2.45, 2.75) is 13.0 Å². The molecule has 0 radical (unpaired) electrons. The highest BCUT2D eigenvalue weighted by Crippen LogP contribution is 2.47. The molecule has 1 unspecified atom stereocenters. The minimum Gasteiger partial charge on any atom is -0.375 e. The van der Waals surface area contributed by atoms with Gasteiger partial charge in [0, 0.05) is 11.8 Å². The topological polar surface area (TPSA) is 110 Å². The number of anilines is 1. The molecular weight excluding hydrogens is 420 g/mol. The number of thiazole rings is 1. The molecule has 2 aromatic carbocycles. The molecule has 0 saturated carbocycles. The first kappa shape index (κ1) is 18.7. The number of nitrogen functional groups attached to an aromatic ring is 1. The predicted molar refractivity (Wildman–Crippen MR) is 125 cm³/mol. The normalized spacial score (nSPS) is 14.3. The summed E-state index contributed by atoms with van der Waals surface area (Å²) in [4.78, 5) is 30.2. The Labute approximate surface area is 187 Å². The van der Waals surface area contributed by atoms with E-state index in [0.29, 0.717) is 15.7 Å². The third-order valence-corrected chi connectivity index (χ3v) is 6.77. The number of H-pyrrole nitrogens is 1. The monoisotopic (exact) mass is 438 g/mol. The Morgan fingerprint density at radius 1 is 1.06 bits per heavy atom. The molecule has 8 heteroatoms. The number of fused-ring (bicyclic) bond motifs is 4. The van der Waals surface area contributed by atoms with Crippen molar-refractivity contribution in [1.82, 2.24) is 25.3 Å². The summed E-state index contributed by atoms with van der Waals surface area (Å²) in [6.45, 7) is 1.80. The van der Waals surface area contributed by atoms with Crippen LogP contribution in [0.1, 0.15) is 32.5 Å². The molecule has 1 aliphatic carbocycles. The zero-order valence-electron chi connectivity index (χ0n) is 17.1. The van der Waals surface area contributed by atoms with E-state index in [1.807, 2.05) is 24.3 Å². The van der Waals surface area contributed by atoms with Crippen molar-refractivity contribution in [3.8, 4) is 22.5 Å². The van der Waals surface area contributed by atoms with Gasteiger partial charge in [-0.25, -0.2) is 9.97 Å². The van der Waals surface area contributed by atoms with E-state index in [1.165, 1.54) is 11.3 Å². The molecule has 1 atom stereocenters. The number of carbonyl (C=O) groups is 1. The summed E-state index contributed by atoms with van der Waals surface area (Å²) >= 11 is 1.20. The lowest BCUT2D eigenvalue weighted by Gasteiger charge is -2.16. The average Bonchev–Trinajstić information content (AvgIpc) is 3.47. The Balaban J connectivity index is 1.49. The van der Waals surface area contributed by atoms with Crippen LogP contribution in [0.2, 0.25) is 0 Å². The first-order valence-electron chi connectivity index (χ1n) is 10.2. The zero-order valence-corrected chi connectivity index (χ0v) is 17.9. The smallest absolute Gasteiger partial charge is 0.264 e. The van der Waals surface area contributed by atoms with E-state index in [4.69, 9.17) is 10.7 Å². The summed E-state index contributed by atoms with van der Waals surface area (Å²) in [6.07, 6.45) is 3.51. The molecule has 0 saturated heterocycles. The van der Waals surface area contributed by atoms with Crippen LogP contribution in [0.5, 0.6) is 0 Å². The Morgan fingerprint density at radius 3 is 2.69 bits per heavy atom. The van der Waals surface area contributed by atoms with Crippen LogP contribution in [0.15, 0.2) is 60.9 Å². The first-order valence-corrected chi connectivity index (χ1v) is 11.0. The maximum absolute atomic E-state index is 13.1. The molecule has 3 aromatic heterocycles. The molecule has 0 bridgehead atoms. The van der Waals surface area contributed by atoms with E-state index in [0.717, 1.165) is 44.7 Å². The van der Waals surface area contributed by atoms with Crippen molar-refractivity contribution in [1.29, 1.82) is 0 Å². The van der Waals surface area contributed by atoms with Crippen LogP contribution in [0.3, 0.4) is 0 Å². The highest BCUT2D eigenvalue weighted by atomic mass is 32.1. The number of hydrogen-bond donors (Lipinski definition) is 3. The lowest BCUT2D eigenvalue weighted by Crippen LogP contribution is -2.28. The molecule has 6 rings (SSSR count). The second-order valence-electron chi connectivity index (χ2n) is 7.71. The number of amides is 1.